The van der Waals surface area contributed by atoms with Crippen LogP contribution in [0.15, 0.2) is 0 Å². The Bertz CT molecular complexity index is 115. The minimum atomic E-state index is -0.479. The highest BCUT2D eigenvalue weighted by atomic mass is 17.1. The van der Waals surface area contributed by atoms with E-state index >= 15 is 0 Å². The Kier molecular flexibility index (Phi) is 1.71. The van der Waals surface area contributed by atoms with E-state index in [1.54, 1.807) is 0 Å². The summed E-state index contributed by atoms with van der Waals surface area (Å²) in [4.78, 5) is 14.0. The molecule has 0 aromatic rings. The molecule has 1 aliphatic rings. The first kappa shape index (κ1) is 6.55. The van der Waals surface area contributed by atoms with Crippen molar-refractivity contribution in [2.75, 3.05) is 0 Å². The molecule has 0 saturated heterocycles. The molecule has 0 amide bonds. The number of hydrogen-bond acceptors (Lipinski definition) is 3. The summed E-state index contributed by atoms with van der Waals surface area (Å²) in [6.07, 6.45) is 1.72. The molecule has 0 bridgehead atoms. The summed E-state index contributed by atoms with van der Waals surface area (Å²) in [6.45, 7) is 2.07. The summed E-state index contributed by atoms with van der Waals surface area (Å²) in [5.74, 6) is 0.104. The molecular weight excluding hydrogens is 120 g/mol. The predicted octanol–water partition coefficient (Wildman–Crippen LogP) is 1.05. The van der Waals surface area contributed by atoms with Gasteiger partial charge in [-0.3, -0.25) is 0 Å². The molecule has 0 spiro atoms. The number of carbonyl (C=O) groups is 1. The Morgan fingerprint density at radius 3 is 2.56 bits per heavy atom. The fraction of sp³-hybridized carbons (Fsp3) is 0.833. The number of hydrogen-bond donors (Lipinski definition) is 1. The summed E-state index contributed by atoms with van der Waals surface area (Å²) >= 11 is 0. The van der Waals surface area contributed by atoms with Gasteiger partial charge in [0.15, 0.2) is 0 Å². The van der Waals surface area contributed by atoms with E-state index < -0.39 is 5.97 Å². The normalized spacial score (nSPS) is 33.1. The van der Waals surface area contributed by atoms with Crippen molar-refractivity contribution >= 4 is 5.97 Å². The van der Waals surface area contributed by atoms with Crippen molar-refractivity contribution in [3.8, 4) is 0 Å². The third-order valence-corrected chi connectivity index (χ3v) is 1.80. The van der Waals surface area contributed by atoms with Crippen molar-refractivity contribution in [2.24, 2.45) is 11.8 Å². The SMILES string of the molecule is CC1CC(C(=O)OO)C1. The summed E-state index contributed by atoms with van der Waals surface area (Å²) in [5.41, 5.74) is 0. The molecule has 1 aliphatic carbocycles. The first-order valence-electron chi connectivity index (χ1n) is 3.09. The van der Waals surface area contributed by atoms with Crippen molar-refractivity contribution in [2.45, 2.75) is 19.8 Å². The topological polar surface area (TPSA) is 46.5 Å². The van der Waals surface area contributed by atoms with Gasteiger partial charge < -0.3 is 4.89 Å². The monoisotopic (exact) mass is 130 g/mol. The second-order valence-electron chi connectivity index (χ2n) is 2.68. The maximum absolute atomic E-state index is 10.5. The first-order chi connectivity index (χ1) is 4.24. The molecule has 1 saturated carbocycles. The molecule has 0 atom stereocenters. The largest absolute Gasteiger partial charge is 0.345 e. The van der Waals surface area contributed by atoms with Crippen LogP contribution in [0.4, 0.5) is 0 Å². The highest BCUT2D eigenvalue weighted by Gasteiger charge is 2.32. The standard InChI is InChI=1S/C6H10O3/c1-4-2-5(3-4)6(7)9-8/h4-5,8H,2-3H2,1H3. The van der Waals surface area contributed by atoms with Crippen LogP contribution in [-0.2, 0) is 9.68 Å². The van der Waals surface area contributed by atoms with Gasteiger partial charge in [-0.2, -0.15) is 5.26 Å². The van der Waals surface area contributed by atoms with Crippen molar-refractivity contribution < 1.29 is 14.9 Å². The maximum atomic E-state index is 10.5. The quantitative estimate of drug-likeness (QED) is 0.426. The lowest BCUT2D eigenvalue weighted by molar-refractivity contribution is -0.242. The Morgan fingerprint density at radius 1 is 1.67 bits per heavy atom. The molecule has 0 aromatic carbocycles. The third kappa shape index (κ3) is 1.21. The third-order valence-electron chi connectivity index (χ3n) is 1.80. The fourth-order valence-corrected chi connectivity index (χ4v) is 1.17. The van der Waals surface area contributed by atoms with Gasteiger partial charge in [0.05, 0.1) is 5.92 Å². The Hall–Kier alpha value is -0.570. The zero-order valence-electron chi connectivity index (χ0n) is 5.33. The zero-order chi connectivity index (χ0) is 6.85. The van der Waals surface area contributed by atoms with E-state index in [-0.39, 0.29) is 5.92 Å². The van der Waals surface area contributed by atoms with E-state index in [0.717, 1.165) is 12.8 Å². The van der Waals surface area contributed by atoms with Crippen molar-refractivity contribution in [3.05, 3.63) is 0 Å². The number of rotatable bonds is 1. The molecule has 52 valence electrons. The lowest BCUT2D eigenvalue weighted by atomic mass is 9.76. The molecule has 1 fully saturated rings. The van der Waals surface area contributed by atoms with Crippen LogP contribution < -0.4 is 0 Å². The van der Waals surface area contributed by atoms with E-state index in [9.17, 15) is 4.79 Å². The van der Waals surface area contributed by atoms with E-state index in [1.165, 1.54) is 0 Å². The maximum Gasteiger partial charge on any atom is 0.345 e. The molecule has 0 aliphatic heterocycles. The van der Waals surface area contributed by atoms with Gasteiger partial charge in [0.1, 0.15) is 0 Å². The van der Waals surface area contributed by atoms with E-state index in [2.05, 4.69) is 11.8 Å². The van der Waals surface area contributed by atoms with Crippen molar-refractivity contribution in [3.63, 3.8) is 0 Å². The lowest BCUT2D eigenvalue weighted by Gasteiger charge is -2.28. The van der Waals surface area contributed by atoms with Crippen LogP contribution >= 0.6 is 0 Å². The molecule has 0 aromatic heterocycles. The lowest BCUT2D eigenvalue weighted by Crippen LogP contribution is -2.29. The summed E-state index contributed by atoms with van der Waals surface area (Å²) in [7, 11) is 0. The molecule has 1 rings (SSSR count). The van der Waals surface area contributed by atoms with E-state index in [0.29, 0.717) is 5.92 Å². The Balaban J connectivity index is 2.23. The van der Waals surface area contributed by atoms with Gasteiger partial charge in [0.2, 0.25) is 0 Å². The van der Waals surface area contributed by atoms with Gasteiger partial charge in [-0.1, -0.05) is 6.92 Å². The Labute approximate surface area is 53.6 Å². The molecular formula is C6H10O3. The van der Waals surface area contributed by atoms with Crippen LogP contribution in [0.1, 0.15) is 19.8 Å². The predicted molar refractivity (Wildman–Crippen MR) is 30.6 cm³/mol. The van der Waals surface area contributed by atoms with Gasteiger partial charge in [-0.05, 0) is 18.8 Å². The number of carbonyl (C=O) groups excluding carboxylic acids is 1. The minimum Gasteiger partial charge on any atom is -0.301 e. The van der Waals surface area contributed by atoms with Crippen LogP contribution in [0.25, 0.3) is 0 Å². The average molecular weight is 130 g/mol. The van der Waals surface area contributed by atoms with E-state index in [1.807, 2.05) is 0 Å². The molecule has 0 radical (unpaired) electrons. The smallest absolute Gasteiger partial charge is 0.301 e. The fourth-order valence-electron chi connectivity index (χ4n) is 1.17. The highest BCUT2D eigenvalue weighted by molar-refractivity contribution is 5.72. The van der Waals surface area contributed by atoms with Gasteiger partial charge in [-0.15, -0.1) is 0 Å². The molecule has 9 heavy (non-hydrogen) atoms. The van der Waals surface area contributed by atoms with Crippen molar-refractivity contribution in [1.29, 1.82) is 0 Å². The van der Waals surface area contributed by atoms with Crippen LogP contribution in [0.5, 0.6) is 0 Å². The van der Waals surface area contributed by atoms with E-state index in [4.69, 9.17) is 5.26 Å². The summed E-state index contributed by atoms with van der Waals surface area (Å²) in [5, 5.41) is 7.91. The van der Waals surface area contributed by atoms with Gasteiger partial charge in [-0.25, -0.2) is 4.79 Å². The molecule has 0 heterocycles. The molecule has 1 N–H and O–H groups in total. The van der Waals surface area contributed by atoms with Gasteiger partial charge >= 0.3 is 5.97 Å². The van der Waals surface area contributed by atoms with Crippen molar-refractivity contribution in [1.82, 2.24) is 0 Å². The van der Waals surface area contributed by atoms with Crippen LogP contribution in [0.3, 0.4) is 0 Å². The highest BCUT2D eigenvalue weighted by Crippen LogP contribution is 2.33. The van der Waals surface area contributed by atoms with Gasteiger partial charge in [0, 0.05) is 0 Å². The summed E-state index contributed by atoms with van der Waals surface area (Å²) < 4.78 is 0. The zero-order valence-corrected chi connectivity index (χ0v) is 5.33. The summed E-state index contributed by atoms with van der Waals surface area (Å²) in [6, 6.07) is 0. The minimum absolute atomic E-state index is 0.0370. The van der Waals surface area contributed by atoms with Crippen LogP contribution in [0.2, 0.25) is 0 Å². The second-order valence-corrected chi connectivity index (χ2v) is 2.68. The first-order valence-corrected chi connectivity index (χ1v) is 3.09. The second kappa shape index (κ2) is 2.35. The molecule has 0 unspecified atom stereocenters. The van der Waals surface area contributed by atoms with Crippen LogP contribution in [-0.4, -0.2) is 11.2 Å². The molecule has 3 heteroatoms. The van der Waals surface area contributed by atoms with Crippen LogP contribution in [0, 0.1) is 11.8 Å². The van der Waals surface area contributed by atoms with Gasteiger partial charge in [0.25, 0.3) is 0 Å². The molecule has 3 nitrogen and oxygen atoms in total. The Morgan fingerprint density at radius 2 is 2.22 bits per heavy atom. The average Bonchev–Trinajstić information content (AvgIpc) is 1.79.